The average Bonchev–Trinajstić information content (AvgIpc) is 3.54. The molecule has 3 unspecified atom stereocenters. The van der Waals surface area contributed by atoms with Crippen LogP contribution in [0.1, 0.15) is 34.9 Å². The highest BCUT2D eigenvalue weighted by Crippen LogP contribution is 2.46. The molecule has 0 fully saturated rings. The van der Waals surface area contributed by atoms with Gasteiger partial charge in [-0.05, 0) is 52.9 Å². The molecule has 0 radical (unpaired) electrons. The SMILES string of the molecule is C1=CCC(c2ccc3oc4c(c3c2)=CC2c3cc(-c5ccccc5)ccc3OC2C=4c2ccccc2)C=C1. The van der Waals surface area contributed by atoms with E-state index in [1.165, 1.54) is 32.9 Å². The zero-order chi connectivity index (χ0) is 25.1. The molecule has 0 amide bonds. The fourth-order valence-electron chi connectivity index (χ4n) is 6.30. The third-order valence-electron chi connectivity index (χ3n) is 8.18. The Balaban J connectivity index is 1.36. The van der Waals surface area contributed by atoms with E-state index < -0.39 is 0 Å². The van der Waals surface area contributed by atoms with Gasteiger partial charge in [0.25, 0.3) is 0 Å². The minimum Gasteiger partial charge on any atom is -0.484 e. The maximum atomic E-state index is 6.70. The fraction of sp³-hybridized carbons (Fsp3) is 0.111. The Morgan fingerprint density at radius 3 is 2.32 bits per heavy atom. The number of benzene rings is 4. The van der Waals surface area contributed by atoms with E-state index in [9.17, 15) is 0 Å². The third kappa shape index (κ3) is 3.34. The van der Waals surface area contributed by atoms with Crippen molar-refractivity contribution in [2.24, 2.45) is 0 Å². The van der Waals surface area contributed by atoms with Gasteiger partial charge in [0.1, 0.15) is 22.9 Å². The molecule has 2 nitrogen and oxygen atoms in total. The molecule has 0 saturated carbocycles. The van der Waals surface area contributed by atoms with Gasteiger partial charge in [-0.25, -0.2) is 0 Å². The molecule has 0 spiro atoms. The van der Waals surface area contributed by atoms with Crippen LogP contribution in [-0.2, 0) is 0 Å². The highest BCUT2D eigenvalue weighted by molar-refractivity contribution is 5.86. The molecule has 0 N–H and O–H groups in total. The minimum absolute atomic E-state index is 0.110. The summed E-state index contributed by atoms with van der Waals surface area (Å²) in [5, 5.41) is 2.36. The summed E-state index contributed by atoms with van der Waals surface area (Å²) in [5.74, 6) is 1.46. The molecule has 182 valence electrons. The van der Waals surface area contributed by atoms with Gasteiger partial charge in [-0.2, -0.15) is 0 Å². The van der Waals surface area contributed by atoms with E-state index in [1.54, 1.807) is 0 Å². The molecule has 4 aromatic carbocycles. The fourth-order valence-corrected chi connectivity index (χ4v) is 6.30. The van der Waals surface area contributed by atoms with Crippen molar-refractivity contribution in [3.05, 3.63) is 149 Å². The number of hydrogen-bond donors (Lipinski definition) is 0. The van der Waals surface area contributed by atoms with E-state index in [1.807, 2.05) is 0 Å². The molecule has 3 atom stereocenters. The highest BCUT2D eigenvalue weighted by atomic mass is 16.5. The van der Waals surface area contributed by atoms with Gasteiger partial charge in [0.05, 0.1) is 0 Å². The normalized spacial score (nSPS) is 20.9. The lowest BCUT2D eigenvalue weighted by Gasteiger charge is -2.22. The van der Waals surface area contributed by atoms with Crippen molar-refractivity contribution in [1.29, 1.82) is 0 Å². The van der Waals surface area contributed by atoms with Crippen molar-refractivity contribution in [2.45, 2.75) is 24.4 Å². The van der Waals surface area contributed by atoms with Gasteiger partial charge in [-0.15, -0.1) is 0 Å². The predicted octanol–water partition coefficient (Wildman–Crippen LogP) is 7.24. The van der Waals surface area contributed by atoms with Crippen molar-refractivity contribution in [3.63, 3.8) is 0 Å². The highest BCUT2D eigenvalue weighted by Gasteiger charge is 2.39. The van der Waals surface area contributed by atoms with Gasteiger partial charge in [0, 0.05) is 33.6 Å². The Kier molecular flexibility index (Phi) is 4.81. The number of allylic oxidation sites excluding steroid dienone is 4. The van der Waals surface area contributed by atoms with Crippen molar-refractivity contribution in [1.82, 2.24) is 0 Å². The molecule has 3 aliphatic rings. The molecule has 8 rings (SSSR count). The van der Waals surface area contributed by atoms with Crippen LogP contribution >= 0.6 is 0 Å². The zero-order valence-corrected chi connectivity index (χ0v) is 20.9. The first-order valence-electron chi connectivity index (χ1n) is 13.4. The van der Waals surface area contributed by atoms with Gasteiger partial charge in [0.15, 0.2) is 0 Å². The monoisotopic (exact) mass is 490 g/mol. The first kappa shape index (κ1) is 21.5. The van der Waals surface area contributed by atoms with Gasteiger partial charge >= 0.3 is 0 Å². The topological polar surface area (TPSA) is 22.4 Å². The molecule has 2 heteroatoms. The quantitative estimate of drug-likeness (QED) is 0.266. The number of ether oxygens (including phenoxy) is 1. The van der Waals surface area contributed by atoms with Gasteiger partial charge in [0.2, 0.25) is 0 Å². The van der Waals surface area contributed by atoms with E-state index in [0.717, 1.165) is 34.3 Å². The van der Waals surface area contributed by atoms with Crippen molar-refractivity contribution in [2.75, 3.05) is 0 Å². The Morgan fingerprint density at radius 1 is 0.711 bits per heavy atom. The van der Waals surface area contributed by atoms with E-state index in [0.29, 0.717) is 5.92 Å². The van der Waals surface area contributed by atoms with Crippen LogP contribution in [0.25, 0.3) is 33.7 Å². The minimum atomic E-state index is -0.127. The van der Waals surface area contributed by atoms with Crippen LogP contribution in [0, 0.1) is 0 Å². The molecule has 5 aromatic rings. The van der Waals surface area contributed by atoms with Crippen LogP contribution in [0.5, 0.6) is 5.75 Å². The Hall–Kier alpha value is -4.56. The summed E-state index contributed by atoms with van der Waals surface area (Å²) in [6.45, 7) is 0. The lowest BCUT2D eigenvalue weighted by Crippen LogP contribution is -2.37. The third-order valence-corrected chi connectivity index (χ3v) is 8.18. The summed E-state index contributed by atoms with van der Waals surface area (Å²) in [4.78, 5) is 0. The Labute approximate surface area is 221 Å². The number of hydrogen-bond acceptors (Lipinski definition) is 2. The second kappa shape index (κ2) is 8.49. The predicted molar refractivity (Wildman–Crippen MR) is 154 cm³/mol. The lowest BCUT2D eigenvalue weighted by molar-refractivity contribution is 0.279. The van der Waals surface area contributed by atoms with Crippen molar-refractivity contribution in [3.8, 4) is 16.9 Å². The summed E-state index contributed by atoms with van der Waals surface area (Å²) in [7, 11) is 0. The number of fused-ring (bicyclic) bond motifs is 6. The summed E-state index contributed by atoms with van der Waals surface area (Å²) < 4.78 is 13.3. The first-order chi connectivity index (χ1) is 18.8. The largest absolute Gasteiger partial charge is 0.484 e. The maximum absolute atomic E-state index is 6.70. The van der Waals surface area contributed by atoms with E-state index >= 15 is 0 Å². The summed E-state index contributed by atoms with van der Waals surface area (Å²) in [6.07, 6.45) is 12.1. The van der Waals surface area contributed by atoms with Gasteiger partial charge in [-0.3, -0.25) is 0 Å². The molecule has 38 heavy (non-hydrogen) atoms. The molecular formula is C36H26O2. The Bertz CT molecular complexity index is 1870. The van der Waals surface area contributed by atoms with Crippen LogP contribution in [-0.4, -0.2) is 6.10 Å². The maximum Gasteiger partial charge on any atom is 0.142 e. The van der Waals surface area contributed by atoms with Crippen LogP contribution in [0.15, 0.2) is 126 Å². The summed E-state index contributed by atoms with van der Waals surface area (Å²) in [5.41, 5.74) is 9.13. The summed E-state index contributed by atoms with van der Waals surface area (Å²) >= 11 is 0. The van der Waals surface area contributed by atoms with E-state index in [4.69, 9.17) is 9.15 Å². The molecule has 1 aromatic heterocycles. The van der Waals surface area contributed by atoms with Crippen LogP contribution in [0.3, 0.4) is 0 Å². The van der Waals surface area contributed by atoms with Gasteiger partial charge in [-0.1, -0.05) is 103 Å². The average molecular weight is 491 g/mol. The lowest BCUT2D eigenvalue weighted by atomic mass is 9.83. The van der Waals surface area contributed by atoms with Crippen LogP contribution < -0.4 is 15.4 Å². The molecular weight excluding hydrogens is 464 g/mol. The molecule has 1 aliphatic heterocycles. The second-order valence-electron chi connectivity index (χ2n) is 10.4. The van der Waals surface area contributed by atoms with Crippen LogP contribution in [0.2, 0.25) is 0 Å². The van der Waals surface area contributed by atoms with Gasteiger partial charge < -0.3 is 9.15 Å². The van der Waals surface area contributed by atoms with E-state index in [-0.39, 0.29) is 12.0 Å². The van der Waals surface area contributed by atoms with Crippen molar-refractivity contribution < 1.29 is 9.15 Å². The number of furan rings is 1. The molecule has 0 saturated heterocycles. The smallest absolute Gasteiger partial charge is 0.142 e. The standard InChI is InChI=1S/C36H26O2/c1-4-10-23(11-5-1)26-16-18-32-28(20-26)30-22-31-29-21-27(24-12-6-2-7-13-24)17-19-33(29)38-36(31)34(35(30)37-32)25-14-8-3-9-15-25/h1-12,14-22,24,30,35H,13H2. The molecule has 0 bridgehead atoms. The van der Waals surface area contributed by atoms with Crippen molar-refractivity contribution >= 4 is 22.6 Å². The molecule has 2 aliphatic carbocycles. The first-order valence-corrected chi connectivity index (χ1v) is 13.4. The molecule has 2 heterocycles. The van der Waals surface area contributed by atoms with Crippen LogP contribution in [0.4, 0.5) is 0 Å². The second-order valence-corrected chi connectivity index (χ2v) is 10.4. The number of rotatable bonds is 3. The summed E-state index contributed by atoms with van der Waals surface area (Å²) in [6, 6.07) is 34.5. The van der Waals surface area contributed by atoms with E-state index in [2.05, 4.69) is 127 Å². The zero-order valence-electron chi connectivity index (χ0n) is 20.9. The Morgan fingerprint density at radius 2 is 1.53 bits per heavy atom.